The summed E-state index contributed by atoms with van der Waals surface area (Å²) < 4.78 is 0. The van der Waals surface area contributed by atoms with Crippen LogP contribution in [-0.4, -0.2) is 35.6 Å². The van der Waals surface area contributed by atoms with Gasteiger partial charge < -0.3 is 4.90 Å². The summed E-state index contributed by atoms with van der Waals surface area (Å²) in [7, 11) is 0. The van der Waals surface area contributed by atoms with E-state index in [9.17, 15) is 4.79 Å². The van der Waals surface area contributed by atoms with Crippen molar-refractivity contribution in [1.29, 1.82) is 0 Å². The summed E-state index contributed by atoms with van der Waals surface area (Å²) in [6, 6.07) is 10.4. The van der Waals surface area contributed by atoms with Crippen molar-refractivity contribution in [1.82, 2.24) is 10.4 Å². The minimum Gasteiger partial charge on any atom is -0.303 e. The number of nitrogens with zero attached hydrogens (tertiary/aromatic N) is 1. The molecule has 1 fully saturated rings. The van der Waals surface area contributed by atoms with Gasteiger partial charge in [0, 0.05) is 12.5 Å². The highest BCUT2D eigenvalue weighted by atomic mass is 16.5. The molecule has 2 rings (SSSR count). The Labute approximate surface area is 108 Å². The molecule has 0 saturated carbocycles. The van der Waals surface area contributed by atoms with Gasteiger partial charge in [0.25, 0.3) is 0 Å². The molecule has 1 aromatic rings. The molecular weight excluding hydrogens is 228 g/mol. The molecule has 18 heavy (non-hydrogen) atoms. The van der Waals surface area contributed by atoms with Gasteiger partial charge in [-0.2, -0.15) is 0 Å². The maximum atomic E-state index is 11.3. The third-order valence-electron chi connectivity index (χ3n) is 3.63. The molecule has 4 heteroatoms. The summed E-state index contributed by atoms with van der Waals surface area (Å²) in [5.74, 6) is -0.263. The highest BCUT2D eigenvalue weighted by molar-refractivity contribution is 5.77. The molecule has 2 N–H and O–H groups in total. The second-order valence-corrected chi connectivity index (χ2v) is 4.83. The largest absolute Gasteiger partial charge is 0.303 e. The zero-order valence-corrected chi connectivity index (χ0v) is 10.5. The Balaban J connectivity index is 1.72. The van der Waals surface area contributed by atoms with Crippen LogP contribution >= 0.6 is 0 Å². The number of benzene rings is 1. The molecule has 1 aromatic carbocycles. The van der Waals surface area contributed by atoms with Crippen LogP contribution in [0.5, 0.6) is 0 Å². The molecule has 4 nitrogen and oxygen atoms in total. The summed E-state index contributed by atoms with van der Waals surface area (Å²) >= 11 is 0. The molecular formula is C14H20N2O2. The predicted molar refractivity (Wildman–Crippen MR) is 69.2 cm³/mol. The number of amides is 1. The highest BCUT2D eigenvalue weighted by Gasteiger charge is 2.24. The fourth-order valence-corrected chi connectivity index (χ4v) is 2.44. The fraction of sp³-hybridized carbons (Fsp3) is 0.500. The zero-order valence-electron chi connectivity index (χ0n) is 10.5. The van der Waals surface area contributed by atoms with E-state index in [1.807, 2.05) is 6.07 Å². The second kappa shape index (κ2) is 6.52. The first-order valence-corrected chi connectivity index (χ1v) is 6.50. The van der Waals surface area contributed by atoms with E-state index < -0.39 is 0 Å². The van der Waals surface area contributed by atoms with Crippen molar-refractivity contribution in [3.05, 3.63) is 35.9 Å². The van der Waals surface area contributed by atoms with E-state index in [0.717, 1.165) is 38.9 Å². The number of hydrogen-bond donors (Lipinski definition) is 2. The van der Waals surface area contributed by atoms with Gasteiger partial charge in [-0.15, -0.1) is 0 Å². The Kier molecular flexibility index (Phi) is 4.73. The summed E-state index contributed by atoms with van der Waals surface area (Å²) in [5, 5.41) is 8.59. The monoisotopic (exact) mass is 248 g/mol. The van der Waals surface area contributed by atoms with Crippen LogP contribution in [0, 0.1) is 5.92 Å². The molecule has 0 unspecified atom stereocenters. The van der Waals surface area contributed by atoms with E-state index in [1.165, 1.54) is 5.56 Å². The van der Waals surface area contributed by atoms with E-state index >= 15 is 0 Å². The van der Waals surface area contributed by atoms with Crippen LogP contribution in [0.3, 0.4) is 0 Å². The minimum atomic E-state index is -0.238. The molecule has 1 heterocycles. The van der Waals surface area contributed by atoms with Gasteiger partial charge in [0.1, 0.15) is 0 Å². The number of hydroxylamine groups is 1. The average molecular weight is 248 g/mol. The predicted octanol–water partition coefficient (Wildman–Crippen LogP) is 1.45. The first kappa shape index (κ1) is 13.1. The molecule has 1 aliphatic rings. The van der Waals surface area contributed by atoms with Gasteiger partial charge in [-0.3, -0.25) is 10.0 Å². The van der Waals surface area contributed by atoms with E-state index in [1.54, 1.807) is 5.48 Å². The normalized spacial score (nSPS) is 17.6. The lowest BCUT2D eigenvalue weighted by atomic mass is 9.96. The number of likely N-dealkylation sites (tertiary alicyclic amines) is 1. The van der Waals surface area contributed by atoms with Gasteiger partial charge in [-0.1, -0.05) is 30.3 Å². The molecule has 0 radical (unpaired) electrons. The minimum absolute atomic E-state index is 0.0250. The maximum absolute atomic E-state index is 11.3. The van der Waals surface area contributed by atoms with Crippen LogP contribution in [0.2, 0.25) is 0 Å². The number of nitrogens with one attached hydrogen (secondary N) is 1. The smallest absolute Gasteiger partial charge is 0.246 e. The Morgan fingerprint density at radius 2 is 1.94 bits per heavy atom. The summed E-state index contributed by atoms with van der Waals surface area (Å²) in [5.41, 5.74) is 3.10. The van der Waals surface area contributed by atoms with E-state index in [0.29, 0.717) is 0 Å². The van der Waals surface area contributed by atoms with Crippen LogP contribution in [0.1, 0.15) is 18.4 Å². The first-order chi connectivity index (χ1) is 8.79. The van der Waals surface area contributed by atoms with Crippen LogP contribution < -0.4 is 5.48 Å². The first-order valence-electron chi connectivity index (χ1n) is 6.50. The molecule has 1 saturated heterocycles. The summed E-state index contributed by atoms with van der Waals surface area (Å²) in [4.78, 5) is 13.7. The number of piperidine rings is 1. The number of hydrogen-bond acceptors (Lipinski definition) is 3. The zero-order chi connectivity index (χ0) is 12.8. The van der Waals surface area contributed by atoms with Gasteiger partial charge in [0.2, 0.25) is 5.91 Å². The van der Waals surface area contributed by atoms with Crippen molar-refractivity contribution in [2.45, 2.75) is 19.3 Å². The molecule has 1 amide bonds. The molecule has 0 aromatic heterocycles. The van der Waals surface area contributed by atoms with Crippen molar-refractivity contribution < 1.29 is 10.0 Å². The topological polar surface area (TPSA) is 52.6 Å². The standard InChI is InChI=1S/C14H20N2O2/c17-14(15-18)13-7-10-16(11-8-13)9-6-12-4-2-1-3-5-12/h1-5,13,18H,6-11H2,(H,15,17). The van der Waals surface area contributed by atoms with Gasteiger partial charge in [-0.05, 0) is 37.9 Å². The van der Waals surface area contributed by atoms with Crippen molar-refractivity contribution >= 4 is 5.91 Å². The lowest BCUT2D eigenvalue weighted by molar-refractivity contribution is -0.134. The van der Waals surface area contributed by atoms with Crippen LogP contribution in [-0.2, 0) is 11.2 Å². The molecule has 1 aliphatic heterocycles. The fourth-order valence-electron chi connectivity index (χ4n) is 2.44. The Bertz CT molecular complexity index is 373. The quantitative estimate of drug-likeness (QED) is 0.626. The molecule has 0 atom stereocenters. The van der Waals surface area contributed by atoms with Crippen molar-refractivity contribution in [2.24, 2.45) is 5.92 Å². The number of rotatable bonds is 4. The lowest BCUT2D eigenvalue weighted by Crippen LogP contribution is -2.40. The van der Waals surface area contributed by atoms with E-state index in [2.05, 4.69) is 29.2 Å². The summed E-state index contributed by atoms with van der Waals surface area (Å²) in [6.45, 7) is 2.91. The number of carbonyl (C=O) groups is 1. The van der Waals surface area contributed by atoms with Crippen molar-refractivity contribution in [2.75, 3.05) is 19.6 Å². The molecule has 98 valence electrons. The Morgan fingerprint density at radius 1 is 1.28 bits per heavy atom. The Morgan fingerprint density at radius 3 is 2.56 bits per heavy atom. The van der Waals surface area contributed by atoms with Crippen LogP contribution in [0.15, 0.2) is 30.3 Å². The second-order valence-electron chi connectivity index (χ2n) is 4.83. The third kappa shape index (κ3) is 3.55. The molecule has 0 bridgehead atoms. The molecule has 0 spiro atoms. The van der Waals surface area contributed by atoms with Gasteiger partial charge in [-0.25, -0.2) is 5.48 Å². The number of carbonyl (C=O) groups excluding carboxylic acids is 1. The lowest BCUT2D eigenvalue weighted by Gasteiger charge is -2.30. The van der Waals surface area contributed by atoms with E-state index in [4.69, 9.17) is 5.21 Å². The maximum Gasteiger partial charge on any atom is 0.246 e. The van der Waals surface area contributed by atoms with Crippen LogP contribution in [0.4, 0.5) is 0 Å². The van der Waals surface area contributed by atoms with Crippen LogP contribution in [0.25, 0.3) is 0 Å². The SMILES string of the molecule is O=C(NO)C1CCN(CCc2ccccc2)CC1. The van der Waals surface area contributed by atoms with Gasteiger partial charge in [0.15, 0.2) is 0 Å². The van der Waals surface area contributed by atoms with E-state index in [-0.39, 0.29) is 11.8 Å². The van der Waals surface area contributed by atoms with Gasteiger partial charge >= 0.3 is 0 Å². The third-order valence-corrected chi connectivity index (χ3v) is 3.63. The average Bonchev–Trinajstić information content (AvgIpc) is 2.46. The molecule has 0 aliphatic carbocycles. The van der Waals surface area contributed by atoms with Crippen molar-refractivity contribution in [3.8, 4) is 0 Å². The summed E-state index contributed by atoms with van der Waals surface area (Å²) in [6.07, 6.45) is 2.72. The van der Waals surface area contributed by atoms with Crippen molar-refractivity contribution in [3.63, 3.8) is 0 Å². The van der Waals surface area contributed by atoms with Gasteiger partial charge in [0.05, 0.1) is 0 Å². The Hall–Kier alpha value is -1.39. The highest BCUT2D eigenvalue weighted by Crippen LogP contribution is 2.17.